The molecule has 1 amide bonds. The number of aliphatic hydroxyl groups excluding tert-OH is 1. The average molecular weight is 308 g/mol. The van der Waals surface area contributed by atoms with E-state index in [0.29, 0.717) is 31.5 Å². The standard InChI is InChI=1S/C15H14F2N2O3/c16-11-2-1-9(7-12(11)17)14-8-13(18-22-14)15(21)19-5-3-10(20)4-6-19/h1-2,7-8,10,20H,3-6H2. The van der Waals surface area contributed by atoms with Crippen molar-refractivity contribution in [2.45, 2.75) is 18.9 Å². The number of halogens is 2. The molecule has 2 heterocycles. The van der Waals surface area contributed by atoms with Crippen molar-refractivity contribution >= 4 is 5.91 Å². The highest BCUT2D eigenvalue weighted by Crippen LogP contribution is 2.23. The van der Waals surface area contributed by atoms with Crippen LogP contribution in [0.5, 0.6) is 0 Å². The van der Waals surface area contributed by atoms with Crippen LogP contribution < -0.4 is 0 Å². The number of piperidine rings is 1. The fraction of sp³-hybridized carbons (Fsp3) is 0.333. The topological polar surface area (TPSA) is 66.6 Å². The van der Waals surface area contributed by atoms with Gasteiger partial charge in [-0.2, -0.15) is 0 Å². The first kappa shape index (κ1) is 14.6. The molecule has 7 heteroatoms. The maximum atomic E-state index is 13.2. The van der Waals surface area contributed by atoms with E-state index in [1.54, 1.807) is 4.90 Å². The second-order valence-electron chi connectivity index (χ2n) is 5.23. The Morgan fingerprint density at radius 1 is 1.23 bits per heavy atom. The number of aromatic nitrogens is 1. The highest BCUT2D eigenvalue weighted by Gasteiger charge is 2.25. The molecule has 3 rings (SSSR count). The Bertz CT molecular complexity index is 694. The Hall–Kier alpha value is -2.28. The fourth-order valence-electron chi connectivity index (χ4n) is 2.39. The molecule has 0 saturated carbocycles. The molecular formula is C15H14F2N2O3. The van der Waals surface area contributed by atoms with Gasteiger partial charge in [0.25, 0.3) is 5.91 Å². The van der Waals surface area contributed by atoms with E-state index >= 15 is 0 Å². The average Bonchev–Trinajstić information content (AvgIpc) is 3.00. The van der Waals surface area contributed by atoms with Crippen LogP contribution in [0, 0.1) is 11.6 Å². The Labute approximate surface area is 125 Å². The number of amides is 1. The van der Waals surface area contributed by atoms with E-state index in [9.17, 15) is 18.7 Å². The first-order valence-corrected chi connectivity index (χ1v) is 6.94. The minimum atomic E-state index is -0.994. The van der Waals surface area contributed by atoms with E-state index in [1.165, 1.54) is 12.1 Å². The molecular weight excluding hydrogens is 294 g/mol. The quantitative estimate of drug-likeness (QED) is 0.924. The summed E-state index contributed by atoms with van der Waals surface area (Å²) in [6.45, 7) is 0.904. The van der Waals surface area contributed by atoms with Crippen LogP contribution in [0.2, 0.25) is 0 Å². The number of hydrogen-bond acceptors (Lipinski definition) is 4. The smallest absolute Gasteiger partial charge is 0.276 e. The summed E-state index contributed by atoms with van der Waals surface area (Å²) < 4.78 is 31.2. The van der Waals surface area contributed by atoms with Crippen LogP contribution in [0.25, 0.3) is 11.3 Å². The van der Waals surface area contributed by atoms with Crippen LogP contribution >= 0.6 is 0 Å². The van der Waals surface area contributed by atoms with Crippen molar-refractivity contribution in [3.05, 3.63) is 41.6 Å². The van der Waals surface area contributed by atoms with Crippen molar-refractivity contribution in [1.29, 1.82) is 0 Å². The van der Waals surface area contributed by atoms with Gasteiger partial charge in [-0.15, -0.1) is 0 Å². The van der Waals surface area contributed by atoms with Gasteiger partial charge in [-0.1, -0.05) is 5.16 Å². The van der Waals surface area contributed by atoms with E-state index in [4.69, 9.17) is 4.52 Å². The third-order valence-electron chi connectivity index (χ3n) is 3.69. The number of hydrogen-bond donors (Lipinski definition) is 1. The first-order valence-electron chi connectivity index (χ1n) is 6.94. The van der Waals surface area contributed by atoms with Gasteiger partial charge >= 0.3 is 0 Å². The number of benzene rings is 1. The molecule has 0 atom stereocenters. The Balaban J connectivity index is 1.78. The van der Waals surface area contributed by atoms with Gasteiger partial charge in [0.05, 0.1) is 6.10 Å². The Morgan fingerprint density at radius 2 is 1.95 bits per heavy atom. The monoisotopic (exact) mass is 308 g/mol. The zero-order valence-electron chi connectivity index (χ0n) is 11.6. The summed E-state index contributed by atoms with van der Waals surface area (Å²) in [4.78, 5) is 13.8. The first-order chi connectivity index (χ1) is 10.5. The molecule has 2 aromatic rings. The molecule has 22 heavy (non-hydrogen) atoms. The van der Waals surface area contributed by atoms with Crippen LogP contribution in [0.3, 0.4) is 0 Å². The summed E-state index contributed by atoms with van der Waals surface area (Å²) in [6.07, 6.45) is 0.679. The van der Waals surface area contributed by atoms with Crippen molar-refractivity contribution in [2.24, 2.45) is 0 Å². The third kappa shape index (κ3) is 2.85. The normalized spacial score (nSPS) is 16.0. The van der Waals surface area contributed by atoms with Crippen LogP contribution in [0.1, 0.15) is 23.3 Å². The van der Waals surface area contributed by atoms with Gasteiger partial charge in [0.2, 0.25) is 0 Å². The van der Waals surface area contributed by atoms with Crippen LogP contribution in [0.4, 0.5) is 8.78 Å². The molecule has 1 N–H and O–H groups in total. The maximum absolute atomic E-state index is 13.2. The molecule has 1 aromatic heterocycles. The van der Waals surface area contributed by atoms with Crippen LogP contribution in [-0.4, -0.2) is 40.3 Å². The van der Waals surface area contributed by atoms with E-state index in [-0.39, 0.29) is 23.5 Å². The summed E-state index contributed by atoms with van der Waals surface area (Å²) in [5.74, 6) is -2.05. The highest BCUT2D eigenvalue weighted by atomic mass is 19.2. The zero-order valence-corrected chi connectivity index (χ0v) is 11.6. The van der Waals surface area contributed by atoms with Crippen molar-refractivity contribution < 1.29 is 23.2 Å². The number of carbonyl (C=O) groups is 1. The number of likely N-dealkylation sites (tertiary alicyclic amines) is 1. The third-order valence-corrected chi connectivity index (χ3v) is 3.69. The van der Waals surface area contributed by atoms with Crippen molar-refractivity contribution in [1.82, 2.24) is 10.1 Å². The summed E-state index contributed by atoms with van der Waals surface area (Å²) in [5, 5.41) is 13.1. The lowest BCUT2D eigenvalue weighted by atomic mass is 10.1. The number of carbonyl (C=O) groups excluding carboxylic acids is 1. The molecule has 0 aliphatic carbocycles. The van der Waals surface area contributed by atoms with Gasteiger partial charge in [0.1, 0.15) is 0 Å². The van der Waals surface area contributed by atoms with Crippen LogP contribution in [0.15, 0.2) is 28.8 Å². The molecule has 1 aliphatic rings. The van der Waals surface area contributed by atoms with E-state index < -0.39 is 11.6 Å². The summed E-state index contributed by atoms with van der Waals surface area (Å²) in [5.41, 5.74) is 0.413. The van der Waals surface area contributed by atoms with Gasteiger partial charge in [-0.3, -0.25) is 4.79 Å². The number of rotatable bonds is 2. The molecule has 116 valence electrons. The summed E-state index contributed by atoms with van der Waals surface area (Å²) in [6, 6.07) is 4.73. The minimum Gasteiger partial charge on any atom is -0.393 e. The van der Waals surface area contributed by atoms with Gasteiger partial charge in [0.15, 0.2) is 23.1 Å². The maximum Gasteiger partial charge on any atom is 0.276 e. The molecule has 5 nitrogen and oxygen atoms in total. The molecule has 0 spiro atoms. The largest absolute Gasteiger partial charge is 0.393 e. The van der Waals surface area contributed by atoms with Gasteiger partial charge < -0.3 is 14.5 Å². The van der Waals surface area contributed by atoms with E-state index in [0.717, 1.165) is 12.1 Å². The van der Waals surface area contributed by atoms with Gasteiger partial charge in [-0.05, 0) is 31.0 Å². The second-order valence-corrected chi connectivity index (χ2v) is 5.23. The number of nitrogens with zero attached hydrogens (tertiary/aromatic N) is 2. The SMILES string of the molecule is O=C(c1cc(-c2ccc(F)c(F)c2)on1)N1CCC(O)CC1. The molecule has 0 bridgehead atoms. The lowest BCUT2D eigenvalue weighted by molar-refractivity contribution is 0.0538. The zero-order chi connectivity index (χ0) is 15.7. The predicted molar refractivity (Wildman–Crippen MR) is 73.0 cm³/mol. The predicted octanol–water partition coefficient (Wildman–Crippen LogP) is 2.22. The minimum absolute atomic E-state index is 0.108. The van der Waals surface area contributed by atoms with Crippen molar-refractivity contribution in [3.63, 3.8) is 0 Å². The fourth-order valence-corrected chi connectivity index (χ4v) is 2.39. The van der Waals surface area contributed by atoms with E-state index in [2.05, 4.69) is 5.16 Å². The van der Waals surface area contributed by atoms with Crippen molar-refractivity contribution in [3.8, 4) is 11.3 Å². The lowest BCUT2D eigenvalue weighted by Gasteiger charge is -2.28. The molecule has 0 radical (unpaired) electrons. The van der Waals surface area contributed by atoms with E-state index in [1.807, 2.05) is 0 Å². The molecule has 0 unspecified atom stereocenters. The lowest BCUT2D eigenvalue weighted by Crippen LogP contribution is -2.40. The van der Waals surface area contributed by atoms with Crippen molar-refractivity contribution in [2.75, 3.05) is 13.1 Å². The van der Waals surface area contributed by atoms with Gasteiger partial charge in [-0.25, -0.2) is 8.78 Å². The highest BCUT2D eigenvalue weighted by molar-refractivity contribution is 5.93. The number of aliphatic hydroxyl groups is 1. The molecule has 1 fully saturated rings. The molecule has 1 saturated heterocycles. The summed E-state index contributed by atoms with van der Waals surface area (Å²) >= 11 is 0. The van der Waals surface area contributed by atoms with Gasteiger partial charge in [0, 0.05) is 24.7 Å². The molecule has 1 aromatic carbocycles. The second kappa shape index (κ2) is 5.84. The Morgan fingerprint density at radius 3 is 2.64 bits per heavy atom. The van der Waals surface area contributed by atoms with Crippen LogP contribution in [-0.2, 0) is 0 Å². The molecule has 1 aliphatic heterocycles. The summed E-state index contributed by atoms with van der Waals surface area (Å²) in [7, 11) is 0. The Kier molecular flexibility index (Phi) is 3.89.